The average Bonchev–Trinajstić information content (AvgIpc) is 3.25. The average molecular weight is 432 g/mol. The smallest absolute Gasteiger partial charge is 0.271 e. The number of hydrogen-bond donors (Lipinski definition) is 3. The number of carbonyl (C=O) groups is 2. The van der Waals surface area contributed by atoms with Crippen molar-refractivity contribution in [2.45, 2.75) is 17.6 Å². The summed E-state index contributed by atoms with van der Waals surface area (Å²) in [6, 6.07) is 13.7. The second kappa shape index (κ2) is 9.06. The Bertz CT molecular complexity index is 1130. The van der Waals surface area contributed by atoms with Gasteiger partial charge >= 0.3 is 0 Å². The van der Waals surface area contributed by atoms with Gasteiger partial charge in [0.15, 0.2) is 0 Å². The van der Waals surface area contributed by atoms with Crippen LogP contribution in [0.2, 0.25) is 0 Å². The predicted octanol–water partition coefficient (Wildman–Crippen LogP) is 2.96. The monoisotopic (exact) mass is 431 g/mol. The number of benzene rings is 2. The maximum Gasteiger partial charge on any atom is 0.271 e. The Kier molecular flexibility index (Phi) is 6.50. The maximum atomic E-state index is 12.7. The molecule has 0 saturated carbocycles. The standard InChI is InChI=1S/C20H21N3O4S2/c1-2-9-21-18(24)13-22-20(25)16-11-14-6-3-4-7-15(14)12-17(16)23-29(26,27)19-8-5-10-28-19/h3-8,10-12,23H,2,9,13H2,1H3,(H,21,24)(H,22,25). The Balaban J connectivity index is 1.91. The van der Waals surface area contributed by atoms with Crippen LogP contribution in [0.4, 0.5) is 5.69 Å². The van der Waals surface area contributed by atoms with Gasteiger partial charge in [0, 0.05) is 6.54 Å². The Morgan fingerprint density at radius 2 is 1.72 bits per heavy atom. The van der Waals surface area contributed by atoms with Gasteiger partial charge in [-0.2, -0.15) is 0 Å². The number of fused-ring (bicyclic) bond motifs is 1. The normalized spacial score (nSPS) is 11.2. The van der Waals surface area contributed by atoms with Crippen molar-refractivity contribution >= 4 is 49.6 Å². The maximum absolute atomic E-state index is 12.7. The van der Waals surface area contributed by atoms with E-state index in [0.717, 1.165) is 28.5 Å². The second-order valence-corrected chi connectivity index (χ2v) is 9.17. The number of nitrogens with one attached hydrogen (secondary N) is 3. The number of hydrogen-bond acceptors (Lipinski definition) is 5. The Morgan fingerprint density at radius 1 is 1.00 bits per heavy atom. The molecular formula is C20H21N3O4S2. The van der Waals surface area contributed by atoms with Crippen molar-refractivity contribution < 1.29 is 18.0 Å². The van der Waals surface area contributed by atoms with Gasteiger partial charge in [-0.3, -0.25) is 14.3 Å². The molecule has 0 aliphatic carbocycles. The number of sulfonamides is 1. The first-order valence-corrected chi connectivity index (χ1v) is 11.4. The van der Waals surface area contributed by atoms with Gasteiger partial charge in [-0.25, -0.2) is 8.42 Å². The molecule has 0 bridgehead atoms. The van der Waals surface area contributed by atoms with Crippen molar-refractivity contribution in [2.75, 3.05) is 17.8 Å². The number of carbonyl (C=O) groups excluding carboxylic acids is 2. The summed E-state index contributed by atoms with van der Waals surface area (Å²) in [5, 5.41) is 8.46. The zero-order valence-electron chi connectivity index (χ0n) is 15.8. The minimum absolute atomic E-state index is 0.145. The molecule has 9 heteroatoms. The largest absolute Gasteiger partial charge is 0.355 e. The van der Waals surface area contributed by atoms with Gasteiger partial charge in [-0.15, -0.1) is 11.3 Å². The minimum atomic E-state index is -3.83. The molecule has 3 rings (SSSR count). The summed E-state index contributed by atoms with van der Waals surface area (Å²) in [5.41, 5.74) is 0.302. The fourth-order valence-electron chi connectivity index (χ4n) is 2.71. The Hall–Kier alpha value is -2.91. The highest BCUT2D eigenvalue weighted by Gasteiger charge is 2.20. The Morgan fingerprint density at radius 3 is 2.38 bits per heavy atom. The molecule has 1 aromatic heterocycles. The van der Waals surface area contributed by atoms with Gasteiger partial charge in [0.2, 0.25) is 5.91 Å². The van der Waals surface area contributed by atoms with Crippen LogP contribution >= 0.6 is 11.3 Å². The molecule has 152 valence electrons. The van der Waals surface area contributed by atoms with E-state index in [1.807, 2.05) is 31.2 Å². The lowest BCUT2D eigenvalue weighted by Crippen LogP contribution is -2.37. The summed E-state index contributed by atoms with van der Waals surface area (Å²) >= 11 is 1.08. The fraction of sp³-hybridized carbons (Fsp3) is 0.200. The van der Waals surface area contributed by atoms with Crippen molar-refractivity contribution in [3.05, 3.63) is 59.5 Å². The summed E-state index contributed by atoms with van der Waals surface area (Å²) in [5.74, 6) is -0.840. The topological polar surface area (TPSA) is 104 Å². The third kappa shape index (κ3) is 5.12. The summed E-state index contributed by atoms with van der Waals surface area (Å²) in [7, 11) is -3.83. The molecule has 3 aromatic rings. The molecule has 0 aliphatic heterocycles. The van der Waals surface area contributed by atoms with Gasteiger partial charge in [0.25, 0.3) is 15.9 Å². The van der Waals surface area contributed by atoms with Crippen molar-refractivity contribution in [1.82, 2.24) is 10.6 Å². The minimum Gasteiger partial charge on any atom is -0.355 e. The van der Waals surface area contributed by atoms with Crippen molar-refractivity contribution in [2.24, 2.45) is 0 Å². The molecule has 0 unspecified atom stereocenters. The van der Waals surface area contributed by atoms with Crippen LogP contribution in [0.1, 0.15) is 23.7 Å². The molecule has 2 aromatic carbocycles. The van der Waals surface area contributed by atoms with Crippen LogP contribution in [-0.4, -0.2) is 33.3 Å². The zero-order valence-corrected chi connectivity index (χ0v) is 17.4. The summed E-state index contributed by atoms with van der Waals surface area (Å²) in [4.78, 5) is 24.5. The van der Waals surface area contributed by atoms with E-state index in [4.69, 9.17) is 0 Å². The van der Waals surface area contributed by atoms with Crippen molar-refractivity contribution in [3.63, 3.8) is 0 Å². The van der Waals surface area contributed by atoms with Crippen molar-refractivity contribution in [3.8, 4) is 0 Å². The predicted molar refractivity (Wildman–Crippen MR) is 115 cm³/mol. The molecule has 1 heterocycles. The molecular weight excluding hydrogens is 410 g/mol. The number of anilines is 1. The highest BCUT2D eigenvalue weighted by atomic mass is 32.2. The molecule has 7 nitrogen and oxygen atoms in total. The van der Waals surface area contributed by atoms with Gasteiger partial charge < -0.3 is 10.6 Å². The first-order valence-electron chi connectivity index (χ1n) is 9.04. The van der Waals surface area contributed by atoms with Gasteiger partial charge in [0.05, 0.1) is 17.8 Å². The summed E-state index contributed by atoms with van der Waals surface area (Å²) < 4.78 is 28.0. The van der Waals surface area contributed by atoms with Gasteiger partial charge in [0.1, 0.15) is 4.21 Å². The van der Waals surface area contributed by atoms with Crippen LogP contribution in [0.25, 0.3) is 10.8 Å². The fourth-order valence-corrected chi connectivity index (χ4v) is 4.77. The van der Waals surface area contributed by atoms with Crippen LogP contribution in [0.15, 0.2) is 58.1 Å². The lowest BCUT2D eigenvalue weighted by atomic mass is 10.0. The SMILES string of the molecule is CCCNC(=O)CNC(=O)c1cc2ccccc2cc1NS(=O)(=O)c1cccs1. The van der Waals surface area contributed by atoms with Gasteiger partial charge in [-0.05, 0) is 40.8 Å². The molecule has 2 amide bonds. The van der Waals surface area contributed by atoms with Crippen LogP contribution in [-0.2, 0) is 14.8 Å². The van der Waals surface area contributed by atoms with Crippen LogP contribution in [0.5, 0.6) is 0 Å². The molecule has 3 N–H and O–H groups in total. The third-order valence-corrected chi connectivity index (χ3v) is 6.88. The number of thiophene rings is 1. The molecule has 0 saturated heterocycles. The van der Waals surface area contributed by atoms with Crippen LogP contribution in [0, 0.1) is 0 Å². The third-order valence-electron chi connectivity index (χ3n) is 4.12. The number of amides is 2. The van der Waals surface area contributed by atoms with E-state index >= 15 is 0 Å². The van der Waals surface area contributed by atoms with E-state index in [1.165, 1.54) is 6.07 Å². The summed E-state index contributed by atoms with van der Waals surface area (Å²) in [6.45, 7) is 2.26. The van der Waals surface area contributed by atoms with E-state index < -0.39 is 15.9 Å². The molecule has 29 heavy (non-hydrogen) atoms. The van der Waals surface area contributed by atoms with E-state index in [-0.39, 0.29) is 27.9 Å². The summed E-state index contributed by atoms with van der Waals surface area (Å²) in [6.07, 6.45) is 0.791. The molecule has 0 atom stereocenters. The quantitative estimate of drug-likeness (QED) is 0.510. The second-order valence-electron chi connectivity index (χ2n) is 6.32. The lowest BCUT2D eigenvalue weighted by Gasteiger charge is -2.14. The number of rotatable bonds is 8. The van der Waals surface area contributed by atoms with Crippen LogP contribution < -0.4 is 15.4 Å². The molecule has 0 aliphatic rings. The van der Waals surface area contributed by atoms with E-state index in [1.54, 1.807) is 23.6 Å². The van der Waals surface area contributed by atoms with Crippen LogP contribution in [0.3, 0.4) is 0 Å². The van der Waals surface area contributed by atoms with E-state index in [0.29, 0.717) is 6.54 Å². The van der Waals surface area contributed by atoms with E-state index in [2.05, 4.69) is 15.4 Å². The Labute approximate surface area is 173 Å². The van der Waals surface area contributed by atoms with E-state index in [9.17, 15) is 18.0 Å². The molecule has 0 fully saturated rings. The first kappa shape index (κ1) is 20.8. The van der Waals surface area contributed by atoms with Gasteiger partial charge in [-0.1, -0.05) is 37.3 Å². The molecule has 0 radical (unpaired) electrons. The van der Waals surface area contributed by atoms with Crippen molar-refractivity contribution in [1.29, 1.82) is 0 Å². The highest BCUT2D eigenvalue weighted by molar-refractivity contribution is 7.94. The zero-order chi connectivity index (χ0) is 20.9. The lowest BCUT2D eigenvalue weighted by molar-refractivity contribution is -0.120. The highest BCUT2D eigenvalue weighted by Crippen LogP contribution is 2.27. The first-order chi connectivity index (χ1) is 13.9. The molecule has 0 spiro atoms.